The predicted molar refractivity (Wildman–Crippen MR) is 92.4 cm³/mol. The van der Waals surface area contributed by atoms with Crippen LogP contribution in [0.15, 0.2) is 48.5 Å². The predicted octanol–water partition coefficient (Wildman–Crippen LogP) is 3.30. The molecule has 0 saturated carbocycles. The minimum atomic E-state index is -1.44. The molecule has 2 aromatic rings. The Labute approximate surface area is 141 Å². The lowest BCUT2D eigenvalue weighted by Crippen LogP contribution is -2.19. The molecule has 2 rings (SSSR count). The van der Waals surface area contributed by atoms with Gasteiger partial charge in [-0.15, -0.1) is 0 Å². The van der Waals surface area contributed by atoms with Crippen molar-refractivity contribution in [3.63, 3.8) is 0 Å². The number of nitrogens with one attached hydrogen (secondary N) is 1. The topological polar surface area (TPSA) is 75.6 Å². The standard InChI is InChI=1S/C19H21NO4/c1-3-17(21)20-16-12-14(13-8-6-5-7-9-13)10-11-15(16)18(22)19(23)24-4-2/h5-12,18,22H,3-4H2,1-2H3,(H,20,21). The highest BCUT2D eigenvalue weighted by molar-refractivity contribution is 5.93. The Kier molecular flexibility index (Phi) is 6.09. The van der Waals surface area contributed by atoms with Crippen LogP contribution in [0.2, 0.25) is 0 Å². The molecule has 0 spiro atoms. The lowest BCUT2D eigenvalue weighted by atomic mass is 9.99. The Morgan fingerprint density at radius 1 is 1.08 bits per heavy atom. The zero-order chi connectivity index (χ0) is 17.5. The van der Waals surface area contributed by atoms with E-state index in [1.54, 1.807) is 32.0 Å². The summed E-state index contributed by atoms with van der Waals surface area (Å²) in [5.41, 5.74) is 2.57. The van der Waals surface area contributed by atoms with Crippen molar-refractivity contribution in [2.75, 3.05) is 11.9 Å². The summed E-state index contributed by atoms with van der Waals surface area (Å²) in [5, 5.41) is 13.0. The number of benzene rings is 2. The van der Waals surface area contributed by atoms with Gasteiger partial charge in [0, 0.05) is 17.7 Å². The van der Waals surface area contributed by atoms with Crippen LogP contribution in [-0.4, -0.2) is 23.6 Å². The maximum absolute atomic E-state index is 11.8. The fourth-order valence-corrected chi connectivity index (χ4v) is 2.30. The maximum Gasteiger partial charge on any atom is 0.339 e. The van der Waals surface area contributed by atoms with Gasteiger partial charge in [0.2, 0.25) is 5.91 Å². The fourth-order valence-electron chi connectivity index (χ4n) is 2.30. The summed E-state index contributed by atoms with van der Waals surface area (Å²) in [6, 6.07) is 14.8. The molecule has 2 N–H and O–H groups in total. The van der Waals surface area contributed by atoms with Crippen molar-refractivity contribution in [3.8, 4) is 11.1 Å². The van der Waals surface area contributed by atoms with Gasteiger partial charge in [0.25, 0.3) is 0 Å². The van der Waals surface area contributed by atoms with Crippen LogP contribution >= 0.6 is 0 Å². The van der Waals surface area contributed by atoms with Crippen LogP contribution < -0.4 is 5.32 Å². The average molecular weight is 327 g/mol. The molecule has 1 amide bonds. The van der Waals surface area contributed by atoms with Crippen molar-refractivity contribution < 1.29 is 19.4 Å². The van der Waals surface area contributed by atoms with E-state index < -0.39 is 12.1 Å². The van der Waals surface area contributed by atoms with E-state index in [0.717, 1.165) is 11.1 Å². The van der Waals surface area contributed by atoms with Gasteiger partial charge in [-0.05, 0) is 24.1 Å². The first kappa shape index (κ1) is 17.7. The molecule has 2 aromatic carbocycles. The number of amides is 1. The number of esters is 1. The molecule has 1 atom stereocenters. The third-order valence-electron chi connectivity index (χ3n) is 3.56. The largest absolute Gasteiger partial charge is 0.464 e. The van der Waals surface area contributed by atoms with E-state index in [1.807, 2.05) is 30.3 Å². The molecule has 24 heavy (non-hydrogen) atoms. The van der Waals surface area contributed by atoms with Gasteiger partial charge in [-0.25, -0.2) is 4.79 Å². The van der Waals surface area contributed by atoms with E-state index in [1.165, 1.54) is 0 Å². The van der Waals surface area contributed by atoms with Crippen molar-refractivity contribution in [2.24, 2.45) is 0 Å². The zero-order valence-corrected chi connectivity index (χ0v) is 13.8. The zero-order valence-electron chi connectivity index (χ0n) is 13.8. The second kappa shape index (κ2) is 8.26. The summed E-state index contributed by atoms with van der Waals surface area (Å²) < 4.78 is 4.86. The average Bonchev–Trinajstić information content (AvgIpc) is 2.62. The minimum absolute atomic E-state index is 0.175. The highest BCUT2D eigenvalue weighted by Crippen LogP contribution is 2.30. The van der Waals surface area contributed by atoms with Crippen LogP contribution in [0.3, 0.4) is 0 Å². The molecule has 5 nitrogen and oxygen atoms in total. The Bertz CT molecular complexity index is 713. The number of hydrogen-bond donors (Lipinski definition) is 2. The number of aliphatic hydroxyl groups is 1. The molecule has 0 saturated heterocycles. The van der Waals surface area contributed by atoms with Gasteiger partial charge >= 0.3 is 5.97 Å². The van der Waals surface area contributed by atoms with E-state index >= 15 is 0 Å². The first-order valence-corrected chi connectivity index (χ1v) is 7.90. The minimum Gasteiger partial charge on any atom is -0.464 e. The Morgan fingerprint density at radius 2 is 1.79 bits per heavy atom. The number of carbonyl (C=O) groups excluding carboxylic acids is 2. The number of hydrogen-bond acceptors (Lipinski definition) is 4. The lowest BCUT2D eigenvalue weighted by Gasteiger charge is -2.16. The molecular formula is C19H21NO4. The van der Waals surface area contributed by atoms with E-state index in [0.29, 0.717) is 17.7 Å². The Balaban J connectivity index is 2.42. The van der Waals surface area contributed by atoms with Crippen molar-refractivity contribution in [1.29, 1.82) is 0 Å². The van der Waals surface area contributed by atoms with Gasteiger partial charge in [0.1, 0.15) is 0 Å². The first-order chi connectivity index (χ1) is 11.6. The maximum atomic E-state index is 11.8. The van der Waals surface area contributed by atoms with Gasteiger partial charge in [-0.3, -0.25) is 4.79 Å². The number of carbonyl (C=O) groups is 2. The van der Waals surface area contributed by atoms with Gasteiger partial charge in [-0.2, -0.15) is 0 Å². The van der Waals surface area contributed by atoms with E-state index in [2.05, 4.69) is 5.32 Å². The molecule has 5 heteroatoms. The van der Waals surface area contributed by atoms with E-state index in [4.69, 9.17) is 4.74 Å². The fraction of sp³-hybridized carbons (Fsp3) is 0.263. The molecule has 0 bridgehead atoms. The summed E-state index contributed by atoms with van der Waals surface area (Å²) in [6.45, 7) is 3.58. The smallest absolute Gasteiger partial charge is 0.339 e. The van der Waals surface area contributed by atoms with Gasteiger partial charge < -0.3 is 15.2 Å². The second-order valence-electron chi connectivity index (χ2n) is 5.22. The van der Waals surface area contributed by atoms with Crippen LogP contribution in [0.25, 0.3) is 11.1 Å². The second-order valence-corrected chi connectivity index (χ2v) is 5.22. The van der Waals surface area contributed by atoms with Crippen LogP contribution in [0, 0.1) is 0 Å². The third-order valence-corrected chi connectivity index (χ3v) is 3.56. The number of ether oxygens (including phenoxy) is 1. The summed E-state index contributed by atoms with van der Waals surface area (Å²) in [6.07, 6.45) is -1.15. The Hall–Kier alpha value is -2.66. The molecule has 0 aliphatic carbocycles. The quantitative estimate of drug-likeness (QED) is 0.798. The van der Waals surface area contributed by atoms with Gasteiger partial charge in [-0.1, -0.05) is 49.4 Å². The molecule has 0 radical (unpaired) electrons. The van der Waals surface area contributed by atoms with Crippen LogP contribution in [0.5, 0.6) is 0 Å². The number of anilines is 1. The highest BCUT2D eigenvalue weighted by Gasteiger charge is 2.22. The molecule has 0 heterocycles. The van der Waals surface area contributed by atoms with Gasteiger partial charge in [0.15, 0.2) is 6.10 Å². The number of aliphatic hydroxyl groups excluding tert-OH is 1. The molecule has 0 aliphatic rings. The lowest BCUT2D eigenvalue weighted by molar-refractivity contribution is -0.153. The van der Waals surface area contributed by atoms with E-state index in [-0.39, 0.29) is 12.5 Å². The van der Waals surface area contributed by atoms with Crippen molar-refractivity contribution in [1.82, 2.24) is 0 Å². The summed E-state index contributed by atoms with van der Waals surface area (Å²) in [7, 11) is 0. The van der Waals surface area contributed by atoms with Crippen molar-refractivity contribution in [2.45, 2.75) is 26.4 Å². The van der Waals surface area contributed by atoms with Crippen LogP contribution in [-0.2, 0) is 14.3 Å². The highest BCUT2D eigenvalue weighted by atomic mass is 16.5. The molecule has 126 valence electrons. The van der Waals surface area contributed by atoms with Crippen LogP contribution in [0.1, 0.15) is 31.9 Å². The van der Waals surface area contributed by atoms with Crippen molar-refractivity contribution in [3.05, 3.63) is 54.1 Å². The third kappa shape index (κ3) is 4.20. The summed E-state index contributed by atoms with van der Waals surface area (Å²) in [5.74, 6) is -0.936. The van der Waals surface area contributed by atoms with E-state index in [9.17, 15) is 14.7 Å². The Morgan fingerprint density at radius 3 is 2.42 bits per heavy atom. The summed E-state index contributed by atoms with van der Waals surface area (Å²) >= 11 is 0. The molecule has 0 aromatic heterocycles. The summed E-state index contributed by atoms with van der Waals surface area (Å²) in [4.78, 5) is 23.6. The van der Waals surface area contributed by atoms with Gasteiger partial charge in [0.05, 0.1) is 6.61 Å². The van der Waals surface area contributed by atoms with Crippen molar-refractivity contribution >= 4 is 17.6 Å². The molecular weight excluding hydrogens is 306 g/mol. The number of rotatable bonds is 6. The SMILES string of the molecule is CCOC(=O)C(O)c1ccc(-c2ccccc2)cc1NC(=O)CC. The molecule has 1 unspecified atom stereocenters. The monoisotopic (exact) mass is 327 g/mol. The van der Waals surface area contributed by atoms with Crippen LogP contribution in [0.4, 0.5) is 5.69 Å². The molecule has 0 aliphatic heterocycles. The first-order valence-electron chi connectivity index (χ1n) is 7.90. The normalized spacial score (nSPS) is 11.6. The molecule has 0 fully saturated rings.